The second-order valence-corrected chi connectivity index (χ2v) is 4.37. The molecule has 0 saturated heterocycles. The van der Waals surface area contributed by atoms with Gasteiger partial charge < -0.3 is 5.32 Å². The molecule has 2 heterocycles. The molecule has 0 amide bonds. The van der Waals surface area contributed by atoms with Gasteiger partial charge in [0.1, 0.15) is 11.0 Å². The summed E-state index contributed by atoms with van der Waals surface area (Å²) in [5.41, 5.74) is -0.145. The second kappa shape index (κ2) is 4.54. The van der Waals surface area contributed by atoms with E-state index in [4.69, 9.17) is 11.6 Å². The van der Waals surface area contributed by atoms with Crippen molar-refractivity contribution in [3.8, 4) is 0 Å². The molecule has 17 heavy (non-hydrogen) atoms. The molecule has 2 nitrogen and oxygen atoms in total. The van der Waals surface area contributed by atoms with Gasteiger partial charge in [0, 0.05) is 5.38 Å². The zero-order valence-electron chi connectivity index (χ0n) is 8.25. The van der Waals surface area contributed by atoms with Gasteiger partial charge in [-0.1, -0.05) is 11.6 Å². The molecule has 0 aliphatic heterocycles. The van der Waals surface area contributed by atoms with Crippen molar-refractivity contribution in [2.75, 3.05) is 5.32 Å². The highest BCUT2D eigenvalue weighted by molar-refractivity contribution is 7.08. The first-order chi connectivity index (χ1) is 7.95. The first kappa shape index (κ1) is 12.2. The lowest BCUT2D eigenvalue weighted by Gasteiger charge is -2.09. The number of thiophene rings is 1. The van der Waals surface area contributed by atoms with Crippen LogP contribution in [0.3, 0.4) is 0 Å². The van der Waals surface area contributed by atoms with Crippen LogP contribution in [0.1, 0.15) is 5.56 Å². The standard InChI is InChI=1S/C10H6ClF3N2S/c11-8-3-6(10(12,13)14)4-9(16-8)15-7-1-2-17-5-7/h1-5H,(H,15,16). The number of alkyl halides is 3. The maximum absolute atomic E-state index is 12.5. The van der Waals surface area contributed by atoms with Crippen molar-refractivity contribution in [2.45, 2.75) is 6.18 Å². The molecule has 0 aliphatic carbocycles. The zero-order chi connectivity index (χ0) is 12.5. The first-order valence-corrected chi connectivity index (χ1v) is 5.81. The van der Waals surface area contributed by atoms with Crippen LogP contribution < -0.4 is 5.32 Å². The number of halogens is 4. The van der Waals surface area contributed by atoms with Gasteiger partial charge in [-0.2, -0.15) is 24.5 Å². The van der Waals surface area contributed by atoms with Crippen molar-refractivity contribution in [3.63, 3.8) is 0 Å². The van der Waals surface area contributed by atoms with Gasteiger partial charge in [0.2, 0.25) is 0 Å². The smallest absolute Gasteiger partial charge is 0.339 e. The molecular formula is C10H6ClF3N2S. The molecule has 0 unspecified atom stereocenters. The molecule has 0 saturated carbocycles. The molecular weight excluding hydrogens is 273 g/mol. The van der Waals surface area contributed by atoms with Crippen molar-refractivity contribution in [2.24, 2.45) is 0 Å². The number of nitrogens with zero attached hydrogens (tertiary/aromatic N) is 1. The van der Waals surface area contributed by atoms with Crippen LogP contribution >= 0.6 is 22.9 Å². The average Bonchev–Trinajstić information content (AvgIpc) is 2.68. The Hall–Kier alpha value is -1.27. The van der Waals surface area contributed by atoms with Crippen LogP contribution in [0.5, 0.6) is 0 Å². The van der Waals surface area contributed by atoms with Gasteiger partial charge >= 0.3 is 6.18 Å². The Morgan fingerprint density at radius 2 is 2.06 bits per heavy atom. The molecule has 2 aromatic heterocycles. The fraction of sp³-hybridized carbons (Fsp3) is 0.100. The van der Waals surface area contributed by atoms with Gasteiger partial charge in [0.05, 0.1) is 11.3 Å². The SMILES string of the molecule is FC(F)(F)c1cc(Cl)nc(Nc2ccsc2)c1. The predicted octanol–water partition coefficient (Wildman–Crippen LogP) is 4.56. The monoisotopic (exact) mass is 278 g/mol. The number of hydrogen-bond acceptors (Lipinski definition) is 3. The highest BCUT2D eigenvalue weighted by Crippen LogP contribution is 2.32. The molecule has 0 radical (unpaired) electrons. The van der Waals surface area contributed by atoms with E-state index in [-0.39, 0.29) is 11.0 Å². The minimum absolute atomic E-state index is 0.0724. The Labute approximate surface area is 104 Å². The molecule has 0 spiro atoms. The Morgan fingerprint density at radius 1 is 1.29 bits per heavy atom. The van der Waals surface area contributed by atoms with E-state index in [0.29, 0.717) is 5.69 Å². The third kappa shape index (κ3) is 3.10. The van der Waals surface area contributed by atoms with Crippen molar-refractivity contribution in [1.82, 2.24) is 4.98 Å². The molecule has 0 fully saturated rings. The number of anilines is 2. The molecule has 0 bridgehead atoms. The highest BCUT2D eigenvalue weighted by atomic mass is 35.5. The van der Waals surface area contributed by atoms with E-state index >= 15 is 0 Å². The third-order valence-electron chi connectivity index (χ3n) is 1.91. The van der Waals surface area contributed by atoms with Gasteiger partial charge in [-0.25, -0.2) is 4.98 Å². The molecule has 0 atom stereocenters. The molecule has 90 valence electrons. The number of nitrogens with one attached hydrogen (secondary N) is 1. The van der Waals surface area contributed by atoms with Crippen molar-refractivity contribution in [1.29, 1.82) is 0 Å². The lowest BCUT2D eigenvalue weighted by molar-refractivity contribution is -0.137. The van der Waals surface area contributed by atoms with Crippen molar-refractivity contribution >= 4 is 34.4 Å². The van der Waals surface area contributed by atoms with Gasteiger partial charge in [0.15, 0.2) is 0 Å². The molecule has 2 rings (SSSR count). The minimum atomic E-state index is -4.43. The number of aromatic nitrogens is 1. The maximum atomic E-state index is 12.5. The lowest BCUT2D eigenvalue weighted by Crippen LogP contribution is -2.06. The van der Waals surface area contributed by atoms with E-state index < -0.39 is 11.7 Å². The normalized spacial score (nSPS) is 11.5. The lowest BCUT2D eigenvalue weighted by atomic mass is 10.2. The van der Waals surface area contributed by atoms with E-state index in [2.05, 4.69) is 10.3 Å². The molecule has 0 aliphatic rings. The predicted molar refractivity (Wildman–Crippen MR) is 61.9 cm³/mol. The van der Waals surface area contributed by atoms with Crippen LogP contribution in [0.4, 0.5) is 24.7 Å². The van der Waals surface area contributed by atoms with E-state index in [1.165, 1.54) is 11.3 Å². The van der Waals surface area contributed by atoms with E-state index in [9.17, 15) is 13.2 Å². The summed E-state index contributed by atoms with van der Waals surface area (Å²) in [5, 5.41) is 6.12. The Bertz CT molecular complexity index is 511. The Morgan fingerprint density at radius 3 is 2.65 bits per heavy atom. The summed E-state index contributed by atoms with van der Waals surface area (Å²) >= 11 is 6.97. The summed E-state index contributed by atoms with van der Waals surface area (Å²) in [6.07, 6.45) is -4.43. The summed E-state index contributed by atoms with van der Waals surface area (Å²) < 4.78 is 37.5. The Balaban J connectivity index is 2.32. The van der Waals surface area contributed by atoms with Gasteiger partial charge in [0.25, 0.3) is 0 Å². The molecule has 0 aromatic carbocycles. The fourth-order valence-electron chi connectivity index (χ4n) is 1.21. The summed E-state index contributed by atoms with van der Waals surface area (Å²) in [4.78, 5) is 3.78. The zero-order valence-corrected chi connectivity index (χ0v) is 9.83. The minimum Gasteiger partial charge on any atom is -0.339 e. The highest BCUT2D eigenvalue weighted by Gasteiger charge is 2.31. The second-order valence-electron chi connectivity index (χ2n) is 3.20. The number of pyridine rings is 1. The number of hydrogen-bond donors (Lipinski definition) is 1. The van der Waals surface area contributed by atoms with E-state index in [0.717, 1.165) is 12.1 Å². The summed E-state index contributed by atoms with van der Waals surface area (Å²) in [7, 11) is 0. The number of rotatable bonds is 2. The van der Waals surface area contributed by atoms with Crippen LogP contribution in [0.25, 0.3) is 0 Å². The van der Waals surface area contributed by atoms with Crippen molar-refractivity contribution in [3.05, 3.63) is 39.7 Å². The van der Waals surface area contributed by atoms with Crippen LogP contribution in [0.15, 0.2) is 29.0 Å². The fourth-order valence-corrected chi connectivity index (χ4v) is 2.00. The molecule has 2 aromatic rings. The molecule has 7 heteroatoms. The molecule has 1 N–H and O–H groups in total. The summed E-state index contributed by atoms with van der Waals surface area (Å²) in [6.45, 7) is 0. The maximum Gasteiger partial charge on any atom is 0.416 e. The van der Waals surface area contributed by atoms with Crippen molar-refractivity contribution < 1.29 is 13.2 Å². The topological polar surface area (TPSA) is 24.9 Å². The summed E-state index contributed by atoms with van der Waals surface area (Å²) in [6, 6.07) is 3.45. The van der Waals surface area contributed by atoms with Gasteiger partial charge in [-0.05, 0) is 23.6 Å². The van der Waals surface area contributed by atoms with Gasteiger partial charge in [-0.15, -0.1) is 0 Å². The quantitative estimate of drug-likeness (QED) is 0.815. The third-order valence-corrected chi connectivity index (χ3v) is 2.79. The van der Waals surface area contributed by atoms with E-state index in [1.54, 1.807) is 16.8 Å². The van der Waals surface area contributed by atoms with Crippen LogP contribution in [-0.2, 0) is 6.18 Å². The average molecular weight is 279 g/mol. The summed E-state index contributed by atoms with van der Waals surface area (Å²) in [5.74, 6) is 0.0724. The first-order valence-electron chi connectivity index (χ1n) is 4.49. The largest absolute Gasteiger partial charge is 0.416 e. The van der Waals surface area contributed by atoms with Crippen LogP contribution in [0.2, 0.25) is 5.15 Å². The van der Waals surface area contributed by atoms with Crippen LogP contribution in [0, 0.1) is 0 Å². The Kier molecular flexibility index (Phi) is 3.26. The van der Waals surface area contributed by atoms with E-state index in [1.807, 2.05) is 0 Å². The van der Waals surface area contributed by atoms with Gasteiger partial charge in [-0.3, -0.25) is 0 Å². The van der Waals surface area contributed by atoms with Crippen LogP contribution in [-0.4, -0.2) is 4.98 Å².